The molecule has 1 aliphatic carbocycles. The highest BCUT2D eigenvalue weighted by Crippen LogP contribution is 2.43. The maximum atomic E-state index is 13.3. The van der Waals surface area contributed by atoms with E-state index in [1.54, 1.807) is 36.5 Å². The number of rotatable bonds is 3. The van der Waals surface area contributed by atoms with Crippen molar-refractivity contribution in [3.05, 3.63) is 54.5 Å². The minimum absolute atomic E-state index is 0.211. The van der Waals surface area contributed by atoms with Crippen molar-refractivity contribution in [1.82, 2.24) is 4.98 Å². The number of alkyl halides is 2. The number of H-pyrrole nitrogens is 1. The zero-order chi connectivity index (χ0) is 17.6. The first-order valence-electron chi connectivity index (χ1n) is 8.00. The Bertz CT molecular complexity index is 947. The molecule has 2 N–H and O–H groups in total. The summed E-state index contributed by atoms with van der Waals surface area (Å²) in [6.45, 7) is 0. The highest BCUT2D eigenvalue weighted by molar-refractivity contribution is 5.97. The van der Waals surface area contributed by atoms with E-state index in [1.807, 2.05) is 0 Å². The summed E-state index contributed by atoms with van der Waals surface area (Å²) in [5.41, 5.74) is 2.95. The molecule has 1 fully saturated rings. The molecule has 1 saturated carbocycles. The maximum absolute atomic E-state index is 13.3. The van der Waals surface area contributed by atoms with Gasteiger partial charge in [0.05, 0.1) is 0 Å². The molecule has 3 nitrogen and oxygen atoms in total. The zero-order valence-corrected chi connectivity index (χ0v) is 13.2. The summed E-state index contributed by atoms with van der Waals surface area (Å²) < 4.78 is 39.8. The van der Waals surface area contributed by atoms with Crippen molar-refractivity contribution >= 4 is 22.5 Å². The maximum Gasteiger partial charge on any atom is 0.259 e. The molecule has 0 saturated heterocycles. The number of halogens is 3. The lowest BCUT2D eigenvalue weighted by atomic mass is 9.80. The summed E-state index contributed by atoms with van der Waals surface area (Å²) in [5.74, 6) is -5.10. The van der Waals surface area contributed by atoms with E-state index in [2.05, 4.69) is 10.3 Å². The van der Waals surface area contributed by atoms with Crippen LogP contribution in [0.25, 0.3) is 22.0 Å². The molecule has 25 heavy (non-hydrogen) atoms. The number of nitrogens with one attached hydrogen (secondary N) is 2. The number of aromatic nitrogens is 1. The number of amides is 1. The molecule has 0 spiro atoms. The van der Waals surface area contributed by atoms with Crippen LogP contribution in [0.15, 0.2) is 48.7 Å². The van der Waals surface area contributed by atoms with Crippen molar-refractivity contribution in [2.45, 2.75) is 18.8 Å². The van der Waals surface area contributed by atoms with Crippen LogP contribution in [0.3, 0.4) is 0 Å². The van der Waals surface area contributed by atoms with E-state index in [-0.39, 0.29) is 18.7 Å². The van der Waals surface area contributed by atoms with Gasteiger partial charge in [-0.3, -0.25) is 4.79 Å². The fourth-order valence-corrected chi connectivity index (χ4v) is 3.13. The first-order chi connectivity index (χ1) is 11.9. The highest BCUT2D eigenvalue weighted by Gasteiger charge is 2.52. The lowest BCUT2D eigenvalue weighted by Crippen LogP contribution is -2.46. The molecule has 1 amide bonds. The van der Waals surface area contributed by atoms with E-state index in [0.717, 1.165) is 16.5 Å². The Morgan fingerprint density at radius 2 is 1.92 bits per heavy atom. The molecule has 1 aromatic heterocycles. The fraction of sp³-hybridized carbons (Fsp3) is 0.211. The van der Waals surface area contributed by atoms with Gasteiger partial charge in [0.25, 0.3) is 5.92 Å². The predicted octanol–water partition coefficient (Wildman–Crippen LogP) is 4.96. The summed E-state index contributed by atoms with van der Waals surface area (Å²) >= 11 is 0. The van der Waals surface area contributed by atoms with Gasteiger partial charge in [-0.2, -0.15) is 0 Å². The molecule has 0 aliphatic heterocycles. The second kappa shape index (κ2) is 5.65. The first-order valence-corrected chi connectivity index (χ1v) is 8.00. The number of carbonyl (C=O) groups excluding carboxylic acids is 1. The lowest BCUT2D eigenvalue weighted by molar-refractivity contribution is -0.157. The fourth-order valence-electron chi connectivity index (χ4n) is 3.13. The van der Waals surface area contributed by atoms with Gasteiger partial charge in [0.1, 0.15) is 11.7 Å². The predicted molar refractivity (Wildman–Crippen MR) is 90.0 cm³/mol. The highest BCUT2D eigenvalue weighted by atomic mass is 19.3. The van der Waals surface area contributed by atoms with Gasteiger partial charge in [-0.1, -0.05) is 12.1 Å². The minimum Gasteiger partial charge on any atom is -0.360 e. The zero-order valence-electron chi connectivity index (χ0n) is 13.2. The number of hydrogen-bond acceptors (Lipinski definition) is 1. The molecular weight excluding hydrogens is 329 g/mol. The van der Waals surface area contributed by atoms with Crippen LogP contribution in [0.4, 0.5) is 18.9 Å². The number of aromatic amines is 1. The monoisotopic (exact) mass is 344 g/mol. The topological polar surface area (TPSA) is 44.9 Å². The van der Waals surface area contributed by atoms with Gasteiger partial charge in [0.2, 0.25) is 5.91 Å². The number of benzene rings is 2. The van der Waals surface area contributed by atoms with Crippen LogP contribution in [-0.4, -0.2) is 16.8 Å². The van der Waals surface area contributed by atoms with E-state index in [4.69, 9.17) is 0 Å². The van der Waals surface area contributed by atoms with Gasteiger partial charge < -0.3 is 10.3 Å². The van der Waals surface area contributed by atoms with Crippen molar-refractivity contribution in [2.75, 3.05) is 5.32 Å². The molecular formula is C19H15F3N2O. The van der Waals surface area contributed by atoms with Gasteiger partial charge in [0, 0.05) is 34.8 Å². The van der Waals surface area contributed by atoms with Crippen LogP contribution in [0.1, 0.15) is 12.8 Å². The van der Waals surface area contributed by atoms with Crippen molar-refractivity contribution in [3.63, 3.8) is 0 Å². The van der Waals surface area contributed by atoms with Crippen molar-refractivity contribution < 1.29 is 18.0 Å². The number of anilines is 1. The Hall–Kier alpha value is -2.76. The molecule has 0 radical (unpaired) electrons. The third-order valence-electron chi connectivity index (χ3n) is 4.70. The van der Waals surface area contributed by atoms with E-state index in [9.17, 15) is 18.0 Å². The molecule has 1 unspecified atom stereocenters. The van der Waals surface area contributed by atoms with Crippen molar-refractivity contribution in [3.8, 4) is 11.1 Å². The average molecular weight is 344 g/mol. The van der Waals surface area contributed by atoms with E-state index in [1.165, 1.54) is 12.1 Å². The van der Waals surface area contributed by atoms with E-state index in [0.29, 0.717) is 11.2 Å². The van der Waals surface area contributed by atoms with Crippen LogP contribution >= 0.6 is 0 Å². The summed E-state index contributed by atoms with van der Waals surface area (Å²) in [6.07, 6.45) is 1.76. The molecule has 1 aliphatic rings. The van der Waals surface area contributed by atoms with Gasteiger partial charge in [0.15, 0.2) is 0 Å². The largest absolute Gasteiger partial charge is 0.360 e. The molecule has 1 heterocycles. The second-order valence-corrected chi connectivity index (χ2v) is 6.31. The molecule has 128 valence electrons. The normalized spacial score (nSPS) is 18.8. The molecule has 1 atom stereocenters. The van der Waals surface area contributed by atoms with Gasteiger partial charge >= 0.3 is 0 Å². The molecule has 4 rings (SSSR count). The third kappa shape index (κ3) is 2.77. The van der Waals surface area contributed by atoms with Crippen molar-refractivity contribution in [1.29, 1.82) is 0 Å². The molecule has 3 aromatic rings. The van der Waals surface area contributed by atoms with Crippen molar-refractivity contribution in [2.24, 2.45) is 5.92 Å². The Morgan fingerprint density at radius 1 is 1.16 bits per heavy atom. The smallest absolute Gasteiger partial charge is 0.259 e. The average Bonchev–Trinajstić information content (AvgIpc) is 2.97. The second-order valence-electron chi connectivity index (χ2n) is 6.31. The Labute approximate surface area is 141 Å². The first kappa shape index (κ1) is 15.7. The SMILES string of the molecule is O=C(Nc1ccc(-c2c[nH]c3cc(F)ccc23)cc1)C1CCC1(F)F. The summed E-state index contributed by atoms with van der Waals surface area (Å²) in [7, 11) is 0. The van der Waals surface area contributed by atoms with Crippen LogP contribution in [0.2, 0.25) is 0 Å². The number of fused-ring (bicyclic) bond motifs is 1. The third-order valence-corrected chi connectivity index (χ3v) is 4.70. The van der Waals surface area contributed by atoms with E-state index >= 15 is 0 Å². The molecule has 2 aromatic carbocycles. The minimum atomic E-state index is -2.90. The van der Waals surface area contributed by atoms with Gasteiger partial charge in [-0.05, 0) is 42.3 Å². The number of hydrogen-bond donors (Lipinski definition) is 2. The van der Waals surface area contributed by atoms with Gasteiger partial charge in [-0.25, -0.2) is 13.2 Å². The van der Waals surface area contributed by atoms with E-state index < -0.39 is 17.7 Å². The van der Waals surface area contributed by atoms with Crippen LogP contribution in [-0.2, 0) is 4.79 Å². The van der Waals surface area contributed by atoms with Crippen LogP contribution < -0.4 is 5.32 Å². The summed E-state index contributed by atoms with van der Waals surface area (Å²) in [6, 6.07) is 11.4. The van der Waals surface area contributed by atoms with Crippen LogP contribution in [0.5, 0.6) is 0 Å². The Kier molecular flexibility index (Phi) is 3.56. The summed E-state index contributed by atoms with van der Waals surface area (Å²) in [5, 5.41) is 3.42. The number of carbonyl (C=O) groups is 1. The standard InChI is InChI=1S/C19H15F3N2O/c20-12-3-6-14-15(10-23-17(14)9-12)11-1-4-13(5-2-11)24-18(25)16-7-8-19(16,21)22/h1-6,9-10,16,23H,7-8H2,(H,24,25). The Balaban J connectivity index is 1.54. The molecule has 0 bridgehead atoms. The quantitative estimate of drug-likeness (QED) is 0.693. The van der Waals surface area contributed by atoms with Crippen LogP contribution in [0, 0.1) is 11.7 Å². The molecule has 6 heteroatoms. The van der Waals surface area contributed by atoms with Gasteiger partial charge in [-0.15, -0.1) is 0 Å². The Morgan fingerprint density at radius 3 is 2.56 bits per heavy atom. The lowest BCUT2D eigenvalue weighted by Gasteiger charge is -2.34. The summed E-state index contributed by atoms with van der Waals surface area (Å²) in [4.78, 5) is 14.9.